The molecule has 0 saturated heterocycles. The lowest BCUT2D eigenvalue weighted by Gasteiger charge is -2.18. The number of halogens is 3. The molecule has 190 valence electrons. The lowest BCUT2D eigenvalue weighted by atomic mass is 9.94. The van der Waals surface area contributed by atoms with Gasteiger partial charge < -0.3 is 14.8 Å². The summed E-state index contributed by atoms with van der Waals surface area (Å²) in [5, 5.41) is 2.66. The number of sulfonamides is 1. The second kappa shape index (κ2) is 8.52. The van der Waals surface area contributed by atoms with Crippen LogP contribution < -0.4 is 19.5 Å². The van der Waals surface area contributed by atoms with Crippen molar-refractivity contribution < 1.29 is 37.3 Å². The van der Waals surface area contributed by atoms with Crippen LogP contribution in [-0.2, 0) is 26.4 Å². The van der Waals surface area contributed by atoms with Gasteiger partial charge in [0.25, 0.3) is 0 Å². The lowest BCUT2D eigenvalue weighted by Crippen LogP contribution is -2.28. The van der Waals surface area contributed by atoms with E-state index < -0.39 is 33.1 Å². The number of fused-ring (bicyclic) bond motifs is 1. The minimum Gasteiger partial charge on any atom is -0.454 e. The fraction of sp³-hybridized carbons (Fsp3) is 0.240. The first kappa shape index (κ1) is 24.1. The van der Waals surface area contributed by atoms with E-state index in [1.54, 1.807) is 18.2 Å². The molecular weight excluding hydrogens is 497 g/mol. The Balaban J connectivity index is 0.00000320. The Morgan fingerprint density at radius 1 is 0.944 bits per heavy atom. The van der Waals surface area contributed by atoms with Gasteiger partial charge in [-0.05, 0) is 79.0 Å². The van der Waals surface area contributed by atoms with Crippen molar-refractivity contribution in [3.63, 3.8) is 0 Å². The summed E-state index contributed by atoms with van der Waals surface area (Å²) in [5.41, 5.74) is -0.555. The quantitative estimate of drug-likeness (QED) is 0.481. The van der Waals surface area contributed by atoms with Gasteiger partial charge in [-0.1, -0.05) is 18.2 Å². The van der Waals surface area contributed by atoms with Crippen LogP contribution in [0.5, 0.6) is 11.5 Å². The first-order valence-corrected chi connectivity index (χ1v) is 12.5. The maximum absolute atomic E-state index is 13.7. The summed E-state index contributed by atoms with van der Waals surface area (Å²) in [6.07, 6.45) is -3.56. The molecular formula is C25H23F3N2O5S. The van der Waals surface area contributed by atoms with Crippen molar-refractivity contribution in [3.8, 4) is 22.6 Å². The number of alkyl halides is 3. The average Bonchev–Trinajstić information content (AvgIpc) is 3.54. The van der Waals surface area contributed by atoms with Gasteiger partial charge in [-0.3, -0.25) is 4.79 Å². The summed E-state index contributed by atoms with van der Waals surface area (Å²) in [5.74, 6) is 0.685. The fourth-order valence-corrected chi connectivity index (χ4v) is 4.92. The number of hydrogen-bond donors (Lipinski definition) is 2. The van der Waals surface area contributed by atoms with Crippen LogP contribution in [0, 0.1) is 0 Å². The molecule has 36 heavy (non-hydrogen) atoms. The topological polar surface area (TPSA) is 93.7 Å². The molecule has 0 spiro atoms. The molecule has 2 aliphatic rings. The number of benzene rings is 3. The number of amides is 1. The summed E-state index contributed by atoms with van der Waals surface area (Å²) in [4.78, 5) is 13.2. The molecule has 7 nitrogen and oxygen atoms in total. The molecule has 2 N–H and O–H groups in total. The predicted molar refractivity (Wildman–Crippen MR) is 127 cm³/mol. The van der Waals surface area contributed by atoms with E-state index in [9.17, 15) is 26.4 Å². The first-order valence-electron chi connectivity index (χ1n) is 11.0. The van der Waals surface area contributed by atoms with E-state index in [2.05, 4.69) is 10.0 Å². The summed E-state index contributed by atoms with van der Waals surface area (Å²) < 4.78 is 77.9. The highest BCUT2D eigenvalue weighted by Crippen LogP contribution is 2.51. The number of carbonyl (C=O) groups is 1. The van der Waals surface area contributed by atoms with Gasteiger partial charge in [0.05, 0.1) is 15.9 Å². The molecule has 1 aliphatic carbocycles. The summed E-state index contributed by atoms with van der Waals surface area (Å²) in [6.45, 7) is 0.0901. The molecule has 0 atom stereocenters. The minimum atomic E-state index is -4.65. The van der Waals surface area contributed by atoms with Crippen molar-refractivity contribution in [2.45, 2.75) is 29.3 Å². The number of rotatable bonds is 6. The van der Waals surface area contributed by atoms with E-state index in [0.717, 1.165) is 12.1 Å². The number of hydrogen-bond acceptors (Lipinski definition) is 5. The minimum absolute atomic E-state index is 0. The molecule has 0 radical (unpaired) electrons. The van der Waals surface area contributed by atoms with Crippen LogP contribution in [0.25, 0.3) is 11.1 Å². The maximum Gasteiger partial charge on any atom is 0.416 e. The van der Waals surface area contributed by atoms with Gasteiger partial charge in [0.15, 0.2) is 11.5 Å². The molecule has 1 fully saturated rings. The Kier molecular flexibility index (Phi) is 5.72. The highest BCUT2D eigenvalue weighted by Gasteiger charge is 2.51. The molecule has 11 heteroatoms. The third-order valence-corrected chi connectivity index (χ3v) is 7.82. The molecule has 0 bridgehead atoms. The standard InChI is InChI=1S/C25H21F3N2O5S.H2/c1-29-36(32,33)20-5-2-15(3-6-20)16-10-18(25(26,27)28)12-19(11-16)30-23(31)24(8-9-24)17-4-7-21-22(13-17)35-14-34-21;/h2-7,10-13,29H,8-9,14H2,1H3,(H,30,31);1H. The molecule has 1 saturated carbocycles. The van der Waals surface area contributed by atoms with Gasteiger partial charge in [-0.15, -0.1) is 0 Å². The van der Waals surface area contributed by atoms with Crippen LogP contribution in [-0.4, -0.2) is 28.2 Å². The predicted octanol–water partition coefficient (Wildman–Crippen LogP) is 4.93. The second-order valence-electron chi connectivity index (χ2n) is 8.63. The normalized spacial score (nSPS) is 16.0. The zero-order valence-corrected chi connectivity index (χ0v) is 19.8. The van der Waals surface area contributed by atoms with Gasteiger partial charge >= 0.3 is 6.18 Å². The lowest BCUT2D eigenvalue weighted by molar-refractivity contribution is -0.137. The largest absolute Gasteiger partial charge is 0.454 e. The van der Waals surface area contributed by atoms with Gasteiger partial charge in [-0.2, -0.15) is 13.2 Å². The Bertz CT molecular complexity index is 1460. The Labute approximate surface area is 206 Å². The number of ether oxygens (including phenoxy) is 2. The zero-order chi connectivity index (χ0) is 25.7. The number of nitrogens with one attached hydrogen (secondary N) is 2. The van der Waals surface area contributed by atoms with E-state index in [-0.39, 0.29) is 24.4 Å². The molecule has 1 aliphatic heterocycles. The highest BCUT2D eigenvalue weighted by atomic mass is 32.2. The van der Waals surface area contributed by atoms with Crippen LogP contribution in [0.3, 0.4) is 0 Å². The van der Waals surface area contributed by atoms with Gasteiger partial charge in [0, 0.05) is 7.11 Å². The third kappa shape index (κ3) is 4.40. The van der Waals surface area contributed by atoms with Gasteiger partial charge in [0.1, 0.15) is 0 Å². The first-order chi connectivity index (χ1) is 17.0. The van der Waals surface area contributed by atoms with E-state index >= 15 is 0 Å². The molecule has 5 rings (SSSR count). The Morgan fingerprint density at radius 3 is 2.28 bits per heavy atom. The fourth-order valence-electron chi connectivity index (χ4n) is 4.19. The van der Waals surface area contributed by atoms with Gasteiger partial charge in [0.2, 0.25) is 22.7 Å². The Hall–Kier alpha value is -3.57. The van der Waals surface area contributed by atoms with Crippen molar-refractivity contribution in [2.24, 2.45) is 0 Å². The second-order valence-corrected chi connectivity index (χ2v) is 10.5. The summed E-state index contributed by atoms with van der Waals surface area (Å²) in [6, 6.07) is 13.9. The monoisotopic (exact) mass is 520 g/mol. The van der Waals surface area contributed by atoms with E-state index in [1.807, 2.05) is 0 Å². The van der Waals surface area contributed by atoms with Crippen LogP contribution in [0.1, 0.15) is 25.4 Å². The van der Waals surface area contributed by atoms with Crippen molar-refractivity contribution in [3.05, 3.63) is 71.8 Å². The van der Waals surface area contributed by atoms with E-state index in [4.69, 9.17) is 9.47 Å². The Morgan fingerprint density at radius 2 is 1.64 bits per heavy atom. The molecule has 3 aromatic rings. The van der Waals surface area contributed by atoms with Crippen molar-refractivity contribution >= 4 is 21.6 Å². The van der Waals surface area contributed by atoms with Crippen LogP contribution in [0.2, 0.25) is 0 Å². The SMILES string of the molecule is CNS(=O)(=O)c1ccc(-c2cc(NC(=O)C3(c4ccc5c(c4)OCO5)CC3)cc(C(F)(F)F)c2)cc1.[HH]. The van der Waals surface area contributed by atoms with E-state index in [1.165, 1.54) is 37.4 Å². The third-order valence-electron chi connectivity index (χ3n) is 6.39. The van der Waals surface area contributed by atoms with Gasteiger partial charge in [-0.25, -0.2) is 13.1 Å². The molecule has 0 aromatic heterocycles. The van der Waals surface area contributed by atoms with Crippen molar-refractivity contribution in [2.75, 3.05) is 19.2 Å². The molecule has 3 aromatic carbocycles. The van der Waals surface area contributed by atoms with E-state index in [0.29, 0.717) is 35.5 Å². The molecule has 1 heterocycles. The zero-order valence-electron chi connectivity index (χ0n) is 19.0. The summed E-state index contributed by atoms with van der Waals surface area (Å²) >= 11 is 0. The molecule has 0 unspecified atom stereocenters. The smallest absolute Gasteiger partial charge is 0.416 e. The number of anilines is 1. The highest BCUT2D eigenvalue weighted by molar-refractivity contribution is 7.89. The van der Waals surface area contributed by atoms with Crippen LogP contribution >= 0.6 is 0 Å². The number of carbonyl (C=O) groups excluding carboxylic acids is 1. The molecule has 1 amide bonds. The summed E-state index contributed by atoms with van der Waals surface area (Å²) in [7, 11) is -2.43. The van der Waals surface area contributed by atoms with Crippen molar-refractivity contribution in [1.82, 2.24) is 4.72 Å². The average molecular weight is 521 g/mol. The van der Waals surface area contributed by atoms with Crippen molar-refractivity contribution in [1.29, 1.82) is 0 Å². The van der Waals surface area contributed by atoms with Crippen LogP contribution in [0.15, 0.2) is 65.6 Å². The van der Waals surface area contributed by atoms with Crippen LogP contribution in [0.4, 0.5) is 18.9 Å². The maximum atomic E-state index is 13.7.